The normalized spacial score (nSPS) is 17.7. The van der Waals surface area contributed by atoms with Gasteiger partial charge in [0.25, 0.3) is 0 Å². The minimum Gasteiger partial charge on any atom is -0.356 e. The fraction of sp³-hybridized carbons (Fsp3) is 0.812. The molecule has 0 saturated heterocycles. The fourth-order valence-corrected chi connectivity index (χ4v) is 3.31. The minimum absolute atomic E-state index is 0.473. The predicted molar refractivity (Wildman–Crippen MR) is 90.0 cm³/mol. The number of guanidine groups is 1. The third-order valence-electron chi connectivity index (χ3n) is 4.93. The first-order valence-electron chi connectivity index (χ1n) is 8.54. The zero-order chi connectivity index (χ0) is 15.8. The average Bonchev–Trinajstić information content (AvgIpc) is 3.20. The van der Waals surface area contributed by atoms with Gasteiger partial charge in [-0.15, -0.1) is 10.2 Å². The monoisotopic (exact) mass is 306 g/mol. The molecule has 1 aromatic heterocycles. The first-order chi connectivity index (χ1) is 10.7. The van der Waals surface area contributed by atoms with Crippen molar-refractivity contribution >= 4 is 5.96 Å². The van der Waals surface area contributed by atoms with Crippen molar-refractivity contribution in [2.45, 2.75) is 58.9 Å². The number of aryl methyl sites for hydroxylation is 1. The molecule has 22 heavy (non-hydrogen) atoms. The Balaban J connectivity index is 1.76. The van der Waals surface area contributed by atoms with Crippen LogP contribution >= 0.6 is 0 Å². The number of aliphatic imine (C=N–C) groups is 1. The second-order valence-electron chi connectivity index (χ2n) is 6.21. The lowest BCUT2D eigenvalue weighted by molar-refractivity contribution is 0.283. The van der Waals surface area contributed by atoms with Crippen LogP contribution in [0.2, 0.25) is 0 Å². The molecule has 2 rings (SSSR count). The Morgan fingerprint density at radius 3 is 2.73 bits per heavy atom. The van der Waals surface area contributed by atoms with E-state index in [4.69, 9.17) is 0 Å². The summed E-state index contributed by atoms with van der Waals surface area (Å²) in [5.41, 5.74) is 0.473. The second kappa shape index (κ2) is 8.15. The molecular weight excluding hydrogens is 276 g/mol. The van der Waals surface area contributed by atoms with E-state index in [1.807, 2.05) is 7.05 Å². The van der Waals surface area contributed by atoms with Gasteiger partial charge in [0, 0.05) is 33.1 Å². The van der Waals surface area contributed by atoms with Crippen molar-refractivity contribution in [3.8, 4) is 0 Å². The Kier molecular flexibility index (Phi) is 6.21. The Hall–Kier alpha value is -1.59. The van der Waals surface area contributed by atoms with Crippen LogP contribution in [0.4, 0.5) is 0 Å². The van der Waals surface area contributed by atoms with Gasteiger partial charge in [-0.25, -0.2) is 0 Å². The molecule has 0 bridgehead atoms. The Morgan fingerprint density at radius 2 is 2.09 bits per heavy atom. The van der Waals surface area contributed by atoms with E-state index in [0.29, 0.717) is 5.41 Å². The maximum absolute atomic E-state index is 4.33. The third kappa shape index (κ3) is 4.21. The van der Waals surface area contributed by atoms with E-state index < -0.39 is 0 Å². The summed E-state index contributed by atoms with van der Waals surface area (Å²) in [5.74, 6) is 1.92. The highest BCUT2D eigenvalue weighted by molar-refractivity contribution is 5.79. The molecule has 0 unspecified atom stereocenters. The van der Waals surface area contributed by atoms with Gasteiger partial charge in [0.1, 0.15) is 12.2 Å². The van der Waals surface area contributed by atoms with Crippen LogP contribution in [0.15, 0.2) is 11.3 Å². The number of rotatable bonds is 7. The zero-order valence-electron chi connectivity index (χ0n) is 14.2. The summed E-state index contributed by atoms with van der Waals surface area (Å²) in [6.07, 6.45) is 9.37. The summed E-state index contributed by atoms with van der Waals surface area (Å²) in [6.45, 7) is 7.11. The standard InChI is InChI=1S/C16H30N6/c1-4-14-21-20-13-22(14)11-10-18-15(17-3)19-12-16(5-2)8-6-7-9-16/h13H,4-12H2,1-3H3,(H2,17,18,19). The van der Waals surface area contributed by atoms with Crippen molar-refractivity contribution < 1.29 is 0 Å². The first-order valence-corrected chi connectivity index (χ1v) is 8.54. The molecule has 0 radical (unpaired) electrons. The second-order valence-corrected chi connectivity index (χ2v) is 6.21. The molecule has 6 heteroatoms. The van der Waals surface area contributed by atoms with Crippen molar-refractivity contribution in [3.63, 3.8) is 0 Å². The van der Waals surface area contributed by atoms with Crippen LogP contribution in [0.5, 0.6) is 0 Å². The molecule has 0 amide bonds. The Bertz CT molecular complexity index is 473. The molecule has 1 heterocycles. The van der Waals surface area contributed by atoms with E-state index in [9.17, 15) is 0 Å². The number of nitrogens with zero attached hydrogens (tertiary/aromatic N) is 4. The summed E-state index contributed by atoms with van der Waals surface area (Å²) >= 11 is 0. The lowest BCUT2D eigenvalue weighted by Crippen LogP contribution is -2.43. The van der Waals surface area contributed by atoms with Gasteiger partial charge in [0.15, 0.2) is 5.96 Å². The predicted octanol–water partition coefficient (Wildman–Crippen LogP) is 1.98. The molecule has 124 valence electrons. The van der Waals surface area contributed by atoms with E-state index in [-0.39, 0.29) is 0 Å². The molecule has 1 saturated carbocycles. The molecule has 1 fully saturated rings. The molecule has 1 aromatic rings. The third-order valence-corrected chi connectivity index (χ3v) is 4.93. The Labute approximate surface area is 133 Å². The molecule has 0 aromatic carbocycles. The average molecular weight is 306 g/mol. The summed E-state index contributed by atoms with van der Waals surface area (Å²) < 4.78 is 2.09. The topological polar surface area (TPSA) is 67.1 Å². The number of hydrogen-bond acceptors (Lipinski definition) is 3. The summed E-state index contributed by atoms with van der Waals surface area (Å²) in [7, 11) is 1.83. The van der Waals surface area contributed by atoms with Gasteiger partial charge in [-0.2, -0.15) is 0 Å². The molecule has 2 N–H and O–H groups in total. The highest BCUT2D eigenvalue weighted by atomic mass is 15.3. The maximum atomic E-state index is 4.33. The highest BCUT2D eigenvalue weighted by Crippen LogP contribution is 2.40. The molecule has 1 aliphatic rings. The quantitative estimate of drug-likeness (QED) is 0.597. The largest absolute Gasteiger partial charge is 0.356 e. The van der Waals surface area contributed by atoms with Gasteiger partial charge >= 0.3 is 0 Å². The zero-order valence-corrected chi connectivity index (χ0v) is 14.2. The van der Waals surface area contributed by atoms with E-state index in [1.165, 1.54) is 32.1 Å². The van der Waals surface area contributed by atoms with Gasteiger partial charge in [0.2, 0.25) is 0 Å². The number of hydrogen-bond donors (Lipinski definition) is 2. The highest BCUT2D eigenvalue weighted by Gasteiger charge is 2.31. The molecule has 0 spiro atoms. The van der Waals surface area contributed by atoms with Gasteiger partial charge < -0.3 is 15.2 Å². The number of aromatic nitrogens is 3. The Morgan fingerprint density at radius 1 is 1.32 bits per heavy atom. The lowest BCUT2D eigenvalue weighted by atomic mass is 9.83. The van der Waals surface area contributed by atoms with Gasteiger partial charge in [-0.1, -0.05) is 26.7 Å². The maximum Gasteiger partial charge on any atom is 0.191 e. The summed E-state index contributed by atoms with van der Waals surface area (Å²) in [5, 5.41) is 15.0. The molecule has 6 nitrogen and oxygen atoms in total. The van der Waals surface area contributed by atoms with Gasteiger partial charge in [-0.05, 0) is 24.7 Å². The lowest BCUT2D eigenvalue weighted by Gasteiger charge is -2.28. The van der Waals surface area contributed by atoms with E-state index in [0.717, 1.165) is 37.8 Å². The van der Waals surface area contributed by atoms with Gasteiger partial charge in [-0.3, -0.25) is 4.99 Å². The SMILES string of the molecule is CCc1nncn1CCNC(=NC)NCC1(CC)CCCC1. The van der Waals surface area contributed by atoms with Crippen LogP contribution in [0, 0.1) is 5.41 Å². The van der Waals surface area contributed by atoms with E-state index >= 15 is 0 Å². The molecule has 0 aliphatic heterocycles. The fourth-order valence-electron chi connectivity index (χ4n) is 3.31. The molecule has 0 atom stereocenters. The van der Waals surface area contributed by atoms with Crippen LogP contribution in [0.3, 0.4) is 0 Å². The van der Waals surface area contributed by atoms with Crippen molar-refractivity contribution in [1.29, 1.82) is 0 Å². The minimum atomic E-state index is 0.473. The first kappa shape index (κ1) is 16.8. The van der Waals surface area contributed by atoms with Crippen LogP contribution in [-0.4, -0.2) is 40.9 Å². The van der Waals surface area contributed by atoms with Crippen LogP contribution in [-0.2, 0) is 13.0 Å². The van der Waals surface area contributed by atoms with Gasteiger partial charge in [0.05, 0.1) is 0 Å². The van der Waals surface area contributed by atoms with Crippen molar-refractivity contribution in [2.75, 3.05) is 20.1 Å². The van der Waals surface area contributed by atoms with Crippen molar-refractivity contribution in [1.82, 2.24) is 25.4 Å². The van der Waals surface area contributed by atoms with Crippen LogP contribution in [0.25, 0.3) is 0 Å². The van der Waals surface area contributed by atoms with E-state index in [1.54, 1.807) is 6.33 Å². The summed E-state index contributed by atoms with van der Waals surface area (Å²) in [6, 6.07) is 0. The van der Waals surface area contributed by atoms with Crippen molar-refractivity contribution in [2.24, 2.45) is 10.4 Å². The molecule has 1 aliphatic carbocycles. The van der Waals surface area contributed by atoms with Crippen molar-refractivity contribution in [3.05, 3.63) is 12.2 Å². The number of nitrogens with one attached hydrogen (secondary N) is 2. The molecular formula is C16H30N6. The smallest absolute Gasteiger partial charge is 0.191 e. The van der Waals surface area contributed by atoms with Crippen LogP contribution in [0.1, 0.15) is 51.8 Å². The van der Waals surface area contributed by atoms with E-state index in [2.05, 4.69) is 44.2 Å². The van der Waals surface area contributed by atoms with Crippen LogP contribution < -0.4 is 10.6 Å². The summed E-state index contributed by atoms with van der Waals surface area (Å²) in [4.78, 5) is 4.33.